The minimum atomic E-state index is -3.22. The summed E-state index contributed by atoms with van der Waals surface area (Å²) in [5, 5.41) is 8.40. The molecule has 0 saturated heterocycles. The van der Waals surface area contributed by atoms with Crippen LogP contribution in [0.25, 0.3) is 6.08 Å². The van der Waals surface area contributed by atoms with Crippen molar-refractivity contribution in [3.05, 3.63) is 35.2 Å². The third-order valence-electron chi connectivity index (χ3n) is 1.88. The van der Waals surface area contributed by atoms with Gasteiger partial charge in [-0.3, -0.25) is 4.79 Å². The maximum Gasteiger partial charge on any atom is 0.387 e. The molecular formula is C11H7F3O4. The zero-order valence-corrected chi connectivity index (χ0v) is 8.77. The lowest BCUT2D eigenvalue weighted by Crippen LogP contribution is -2.06. The molecule has 1 aromatic carbocycles. The monoisotopic (exact) mass is 260 g/mol. The molecule has 0 atom stereocenters. The fourth-order valence-electron chi connectivity index (χ4n) is 1.23. The molecule has 0 bridgehead atoms. The molecular weight excluding hydrogens is 253 g/mol. The second-order valence-electron chi connectivity index (χ2n) is 3.07. The average molecular weight is 260 g/mol. The maximum absolute atomic E-state index is 13.1. The quantitative estimate of drug-likeness (QED) is 0.652. The molecule has 1 aromatic rings. The Morgan fingerprint density at radius 3 is 2.56 bits per heavy atom. The number of carbonyl (C=O) groups is 2. The summed E-state index contributed by atoms with van der Waals surface area (Å²) < 4.78 is 41.2. The Morgan fingerprint density at radius 2 is 2.06 bits per heavy atom. The predicted molar refractivity (Wildman–Crippen MR) is 55.1 cm³/mol. The highest BCUT2D eigenvalue weighted by Gasteiger charge is 2.14. The molecule has 1 N–H and O–H groups in total. The molecule has 7 heteroatoms. The van der Waals surface area contributed by atoms with Gasteiger partial charge in [0.05, 0.1) is 5.56 Å². The summed E-state index contributed by atoms with van der Waals surface area (Å²) in [5.41, 5.74) is -0.516. The fraction of sp³-hybridized carbons (Fsp3) is 0.0909. The maximum atomic E-state index is 13.1. The van der Waals surface area contributed by atoms with Gasteiger partial charge in [-0.1, -0.05) is 0 Å². The molecule has 4 nitrogen and oxygen atoms in total. The van der Waals surface area contributed by atoms with Gasteiger partial charge in [-0.15, -0.1) is 0 Å². The molecule has 0 aliphatic carbocycles. The standard InChI is InChI=1S/C11H7F3O4/c12-7-3-6(1-2-10(16)17)8(5-15)9(4-7)18-11(13)14/h1-5,11H,(H,16,17)/b2-1+. The lowest BCUT2D eigenvalue weighted by Gasteiger charge is -2.09. The van der Waals surface area contributed by atoms with Gasteiger partial charge in [-0.05, 0) is 17.7 Å². The van der Waals surface area contributed by atoms with E-state index in [4.69, 9.17) is 5.11 Å². The Bertz CT molecular complexity index is 497. The van der Waals surface area contributed by atoms with E-state index in [0.717, 1.165) is 12.1 Å². The zero-order valence-electron chi connectivity index (χ0n) is 8.77. The van der Waals surface area contributed by atoms with Crippen LogP contribution >= 0.6 is 0 Å². The first-order valence-corrected chi connectivity index (χ1v) is 4.58. The number of benzene rings is 1. The van der Waals surface area contributed by atoms with E-state index < -0.39 is 24.1 Å². The Morgan fingerprint density at radius 1 is 1.39 bits per heavy atom. The molecule has 96 valence electrons. The van der Waals surface area contributed by atoms with Gasteiger partial charge in [0, 0.05) is 12.1 Å². The van der Waals surface area contributed by atoms with Crippen molar-refractivity contribution >= 4 is 18.3 Å². The van der Waals surface area contributed by atoms with Crippen LogP contribution in [-0.4, -0.2) is 24.0 Å². The van der Waals surface area contributed by atoms with Crippen LogP contribution in [0.2, 0.25) is 0 Å². The highest BCUT2D eigenvalue weighted by atomic mass is 19.3. The van der Waals surface area contributed by atoms with E-state index in [2.05, 4.69) is 4.74 Å². The summed E-state index contributed by atoms with van der Waals surface area (Å²) in [5.74, 6) is -2.90. The number of halogens is 3. The van der Waals surface area contributed by atoms with Crippen molar-refractivity contribution in [1.82, 2.24) is 0 Å². The number of carboxylic acid groups (broad SMARTS) is 1. The van der Waals surface area contributed by atoms with Crippen molar-refractivity contribution in [2.75, 3.05) is 0 Å². The van der Waals surface area contributed by atoms with Crippen LogP contribution in [0.1, 0.15) is 15.9 Å². The van der Waals surface area contributed by atoms with Crippen LogP contribution < -0.4 is 4.74 Å². The van der Waals surface area contributed by atoms with Crippen LogP contribution in [0.15, 0.2) is 18.2 Å². The second-order valence-corrected chi connectivity index (χ2v) is 3.07. The van der Waals surface area contributed by atoms with Gasteiger partial charge in [-0.25, -0.2) is 9.18 Å². The minimum Gasteiger partial charge on any atom is -0.478 e. The first-order chi connectivity index (χ1) is 8.43. The Balaban J connectivity index is 3.28. The van der Waals surface area contributed by atoms with Crippen molar-refractivity contribution in [2.24, 2.45) is 0 Å². The molecule has 0 spiro atoms. The summed E-state index contributed by atoms with van der Waals surface area (Å²) in [7, 11) is 0. The summed E-state index contributed by atoms with van der Waals surface area (Å²) in [4.78, 5) is 21.1. The van der Waals surface area contributed by atoms with Gasteiger partial charge in [0.15, 0.2) is 6.29 Å². The van der Waals surface area contributed by atoms with Crippen LogP contribution in [0, 0.1) is 5.82 Å². The van der Waals surface area contributed by atoms with Gasteiger partial charge in [0.25, 0.3) is 0 Å². The molecule has 0 amide bonds. The molecule has 0 aromatic heterocycles. The van der Waals surface area contributed by atoms with Crippen molar-refractivity contribution in [2.45, 2.75) is 6.61 Å². The van der Waals surface area contributed by atoms with Crippen LogP contribution in [0.3, 0.4) is 0 Å². The molecule has 0 aliphatic heterocycles. The summed E-state index contributed by atoms with van der Waals surface area (Å²) in [6, 6.07) is 1.45. The molecule has 0 radical (unpaired) electrons. The van der Waals surface area contributed by atoms with E-state index in [-0.39, 0.29) is 17.4 Å². The number of hydrogen-bond donors (Lipinski definition) is 1. The molecule has 1 rings (SSSR count). The third kappa shape index (κ3) is 3.62. The van der Waals surface area contributed by atoms with Gasteiger partial charge in [-0.2, -0.15) is 8.78 Å². The molecule has 0 unspecified atom stereocenters. The zero-order chi connectivity index (χ0) is 13.7. The normalized spacial score (nSPS) is 10.9. The van der Waals surface area contributed by atoms with Crippen LogP contribution in [0.4, 0.5) is 13.2 Å². The van der Waals surface area contributed by atoms with E-state index in [0.29, 0.717) is 12.1 Å². The van der Waals surface area contributed by atoms with E-state index in [1.54, 1.807) is 0 Å². The lowest BCUT2D eigenvalue weighted by atomic mass is 10.1. The Labute approximate surface area is 99.3 Å². The number of carboxylic acids is 1. The smallest absolute Gasteiger partial charge is 0.387 e. The van der Waals surface area contributed by atoms with E-state index in [1.165, 1.54) is 0 Å². The van der Waals surface area contributed by atoms with Gasteiger partial charge < -0.3 is 9.84 Å². The minimum absolute atomic E-state index is 0.164. The number of alkyl halides is 2. The summed E-state index contributed by atoms with van der Waals surface area (Å²) in [6.45, 7) is -3.22. The van der Waals surface area contributed by atoms with Crippen molar-refractivity contribution < 1.29 is 32.6 Å². The highest BCUT2D eigenvalue weighted by Crippen LogP contribution is 2.25. The predicted octanol–water partition coefficient (Wildman–Crippen LogP) is 2.34. The number of carbonyl (C=O) groups excluding carboxylic acids is 1. The number of aldehydes is 1. The highest BCUT2D eigenvalue weighted by molar-refractivity contribution is 5.90. The number of aliphatic carboxylic acids is 1. The van der Waals surface area contributed by atoms with Gasteiger partial charge in [0.1, 0.15) is 11.6 Å². The average Bonchev–Trinajstić information content (AvgIpc) is 2.25. The number of hydrogen-bond acceptors (Lipinski definition) is 3. The molecule has 0 saturated carbocycles. The lowest BCUT2D eigenvalue weighted by molar-refractivity contribution is -0.131. The second kappa shape index (κ2) is 5.85. The summed E-state index contributed by atoms with van der Waals surface area (Å²) >= 11 is 0. The topological polar surface area (TPSA) is 63.6 Å². The Hall–Kier alpha value is -2.31. The van der Waals surface area contributed by atoms with E-state index in [9.17, 15) is 22.8 Å². The molecule has 0 fully saturated rings. The first kappa shape index (κ1) is 13.8. The van der Waals surface area contributed by atoms with E-state index >= 15 is 0 Å². The van der Waals surface area contributed by atoms with E-state index in [1.807, 2.05) is 0 Å². The number of rotatable bonds is 5. The first-order valence-electron chi connectivity index (χ1n) is 4.58. The third-order valence-corrected chi connectivity index (χ3v) is 1.88. The van der Waals surface area contributed by atoms with Crippen LogP contribution in [-0.2, 0) is 4.79 Å². The van der Waals surface area contributed by atoms with Crippen molar-refractivity contribution in [3.8, 4) is 5.75 Å². The largest absolute Gasteiger partial charge is 0.478 e. The fourth-order valence-corrected chi connectivity index (χ4v) is 1.23. The van der Waals surface area contributed by atoms with Gasteiger partial charge >= 0.3 is 12.6 Å². The van der Waals surface area contributed by atoms with Crippen LogP contribution in [0.5, 0.6) is 5.75 Å². The Kier molecular flexibility index (Phi) is 4.47. The molecule has 18 heavy (non-hydrogen) atoms. The molecule has 0 aliphatic rings. The van der Waals surface area contributed by atoms with Crippen molar-refractivity contribution in [1.29, 1.82) is 0 Å². The van der Waals surface area contributed by atoms with Gasteiger partial charge in [0.2, 0.25) is 0 Å². The summed E-state index contributed by atoms with van der Waals surface area (Å²) in [6.07, 6.45) is 1.74. The van der Waals surface area contributed by atoms with Crippen molar-refractivity contribution in [3.63, 3.8) is 0 Å². The molecule has 0 heterocycles. The SMILES string of the molecule is O=Cc1c(/C=C/C(=O)O)cc(F)cc1OC(F)F. The number of ether oxygens (including phenoxy) is 1.